The number of carbonyl (C=O) groups is 1. The molecule has 3 aromatic carbocycles. The largest absolute Gasteiger partial charge is 0.497 e. The molecule has 0 fully saturated rings. The van der Waals surface area contributed by atoms with Crippen molar-refractivity contribution in [1.29, 1.82) is 0 Å². The molecular weight excluding hydrogens is 446 g/mol. The Labute approximate surface area is 204 Å². The Morgan fingerprint density at radius 2 is 1.82 bits per heavy atom. The number of fused-ring (bicyclic) bond motifs is 3. The summed E-state index contributed by atoms with van der Waals surface area (Å²) in [6, 6.07) is 21.5. The zero-order valence-electron chi connectivity index (χ0n) is 19.1. The van der Waals surface area contributed by atoms with Crippen LogP contribution in [-0.2, 0) is 0 Å². The van der Waals surface area contributed by atoms with Gasteiger partial charge in [0.1, 0.15) is 5.75 Å². The van der Waals surface area contributed by atoms with E-state index < -0.39 is 0 Å². The maximum atomic E-state index is 12.5. The van der Waals surface area contributed by atoms with Crippen molar-refractivity contribution in [3.8, 4) is 5.75 Å². The molecule has 3 aromatic rings. The van der Waals surface area contributed by atoms with Gasteiger partial charge in [-0.25, -0.2) is 5.43 Å². The normalized spacial score (nSPS) is 20.8. The van der Waals surface area contributed by atoms with Crippen LogP contribution in [0.1, 0.15) is 52.4 Å². The van der Waals surface area contributed by atoms with Gasteiger partial charge in [-0.2, -0.15) is 5.10 Å². The lowest BCUT2D eigenvalue weighted by atomic mass is 9.76. The Balaban J connectivity index is 1.37. The molecule has 0 unspecified atom stereocenters. The van der Waals surface area contributed by atoms with Crippen molar-refractivity contribution in [2.75, 3.05) is 12.4 Å². The third-order valence-corrected chi connectivity index (χ3v) is 7.04. The zero-order valence-corrected chi connectivity index (χ0v) is 19.8. The SMILES string of the molecule is COc1ccc(C(=O)N/N=C(/C)c2ccc3c(c2)[C@@H]2C=CC[C@@H]2[C@H](c2ccccc2Cl)N3)cc1. The lowest BCUT2D eigenvalue weighted by molar-refractivity contribution is 0.0955. The molecule has 0 spiro atoms. The van der Waals surface area contributed by atoms with E-state index in [-0.39, 0.29) is 11.9 Å². The van der Waals surface area contributed by atoms with Crippen molar-refractivity contribution >= 4 is 28.9 Å². The van der Waals surface area contributed by atoms with Gasteiger partial charge in [0.15, 0.2) is 0 Å². The number of rotatable bonds is 5. The third-order valence-electron chi connectivity index (χ3n) is 6.70. The van der Waals surface area contributed by atoms with Crippen LogP contribution >= 0.6 is 11.6 Å². The summed E-state index contributed by atoms with van der Waals surface area (Å²) in [5.41, 5.74) is 8.40. The van der Waals surface area contributed by atoms with E-state index in [4.69, 9.17) is 16.3 Å². The van der Waals surface area contributed by atoms with Crippen LogP contribution in [0.5, 0.6) is 5.75 Å². The van der Waals surface area contributed by atoms with Gasteiger partial charge in [-0.05, 0) is 78.4 Å². The molecule has 0 bridgehead atoms. The minimum Gasteiger partial charge on any atom is -0.497 e. The molecular formula is C28H26ClN3O2. The first-order chi connectivity index (χ1) is 16.5. The standard InChI is InChI=1S/C28H26ClN3O2/c1-17(31-32-28(33)18-10-13-20(34-2)14-11-18)19-12-15-26-24(16-19)21-7-5-8-22(21)27(30-26)23-6-3-4-9-25(23)29/h3-7,9-16,21-22,27,30H,8H2,1-2H3,(H,32,33)/b31-17-/t21-,22+,27-/m1/s1. The van der Waals surface area contributed by atoms with E-state index in [1.54, 1.807) is 31.4 Å². The van der Waals surface area contributed by atoms with Gasteiger partial charge in [0.25, 0.3) is 5.91 Å². The maximum Gasteiger partial charge on any atom is 0.271 e. The Kier molecular flexibility index (Phi) is 6.12. The van der Waals surface area contributed by atoms with Crippen LogP contribution in [0, 0.1) is 5.92 Å². The van der Waals surface area contributed by atoms with Gasteiger partial charge < -0.3 is 10.1 Å². The van der Waals surface area contributed by atoms with Gasteiger partial charge in [-0.15, -0.1) is 0 Å². The lowest BCUT2D eigenvalue weighted by Crippen LogP contribution is -2.29. The van der Waals surface area contributed by atoms with E-state index in [2.05, 4.69) is 46.2 Å². The second kappa shape index (κ2) is 9.35. The smallest absolute Gasteiger partial charge is 0.271 e. The Morgan fingerprint density at radius 3 is 2.59 bits per heavy atom. The predicted octanol–water partition coefficient (Wildman–Crippen LogP) is 6.33. The summed E-state index contributed by atoms with van der Waals surface area (Å²) >= 11 is 6.54. The molecule has 5 rings (SSSR count). The molecule has 1 aliphatic carbocycles. The molecule has 0 saturated heterocycles. The average Bonchev–Trinajstić information content (AvgIpc) is 3.37. The molecule has 1 heterocycles. The van der Waals surface area contributed by atoms with Crippen LogP contribution < -0.4 is 15.5 Å². The minimum absolute atomic E-state index is 0.158. The Bertz CT molecular complexity index is 1280. The van der Waals surface area contributed by atoms with Crippen molar-refractivity contribution in [1.82, 2.24) is 5.43 Å². The Morgan fingerprint density at radius 1 is 1.06 bits per heavy atom. The second-order valence-corrected chi connectivity index (χ2v) is 9.07. The van der Waals surface area contributed by atoms with E-state index in [1.165, 1.54) is 5.56 Å². The van der Waals surface area contributed by atoms with Crippen LogP contribution in [0.4, 0.5) is 5.69 Å². The number of benzene rings is 3. The highest BCUT2D eigenvalue weighted by Gasteiger charge is 2.38. The van der Waals surface area contributed by atoms with Gasteiger partial charge >= 0.3 is 0 Å². The van der Waals surface area contributed by atoms with Gasteiger partial charge in [0.05, 0.1) is 18.9 Å². The summed E-state index contributed by atoms with van der Waals surface area (Å²) in [7, 11) is 1.59. The average molecular weight is 472 g/mol. The monoisotopic (exact) mass is 471 g/mol. The molecule has 3 atom stereocenters. The summed E-state index contributed by atoms with van der Waals surface area (Å²) in [5.74, 6) is 1.15. The quantitative estimate of drug-likeness (QED) is 0.259. The van der Waals surface area contributed by atoms with Crippen LogP contribution in [0.2, 0.25) is 5.02 Å². The highest BCUT2D eigenvalue weighted by molar-refractivity contribution is 6.31. The summed E-state index contributed by atoms with van der Waals surface area (Å²) in [6.07, 6.45) is 5.57. The van der Waals surface area contributed by atoms with Gasteiger partial charge in [0, 0.05) is 22.2 Å². The maximum absolute atomic E-state index is 12.5. The first kappa shape index (κ1) is 22.2. The summed E-state index contributed by atoms with van der Waals surface area (Å²) < 4.78 is 5.14. The number of nitrogens with one attached hydrogen (secondary N) is 2. The number of hydrazone groups is 1. The number of halogens is 1. The number of ether oxygens (including phenoxy) is 1. The van der Waals surface area contributed by atoms with Crippen molar-refractivity contribution < 1.29 is 9.53 Å². The minimum atomic E-state index is -0.261. The third kappa shape index (κ3) is 4.19. The van der Waals surface area contributed by atoms with Gasteiger partial charge in [0.2, 0.25) is 0 Å². The molecule has 1 amide bonds. The molecule has 5 nitrogen and oxygen atoms in total. The predicted molar refractivity (Wildman–Crippen MR) is 137 cm³/mol. The fraction of sp³-hybridized carbons (Fsp3) is 0.214. The number of carbonyl (C=O) groups excluding carboxylic acids is 1. The summed E-state index contributed by atoms with van der Waals surface area (Å²) in [4.78, 5) is 12.5. The fourth-order valence-electron chi connectivity index (χ4n) is 4.86. The first-order valence-corrected chi connectivity index (χ1v) is 11.7. The van der Waals surface area contributed by atoms with Crippen LogP contribution in [0.3, 0.4) is 0 Å². The van der Waals surface area contributed by atoms with E-state index in [0.29, 0.717) is 23.1 Å². The first-order valence-electron chi connectivity index (χ1n) is 11.4. The lowest BCUT2D eigenvalue weighted by Gasteiger charge is -2.38. The van der Waals surface area contributed by atoms with E-state index in [1.807, 2.05) is 31.2 Å². The number of methoxy groups -OCH3 is 1. The Hall–Kier alpha value is -3.57. The number of nitrogens with zero attached hydrogens (tertiary/aromatic N) is 1. The van der Waals surface area contributed by atoms with Crippen LogP contribution in [0.25, 0.3) is 0 Å². The van der Waals surface area contributed by atoms with Crippen molar-refractivity contribution in [3.63, 3.8) is 0 Å². The van der Waals surface area contributed by atoms with Crippen molar-refractivity contribution in [2.45, 2.75) is 25.3 Å². The van der Waals surface area contributed by atoms with Gasteiger partial charge in [-0.1, -0.05) is 48.0 Å². The van der Waals surface area contributed by atoms with E-state index in [9.17, 15) is 4.79 Å². The molecule has 0 aromatic heterocycles. The summed E-state index contributed by atoms with van der Waals surface area (Å²) in [5, 5.41) is 8.87. The van der Waals surface area contributed by atoms with Crippen molar-refractivity contribution in [2.24, 2.45) is 11.0 Å². The molecule has 6 heteroatoms. The molecule has 2 aliphatic rings. The zero-order chi connectivity index (χ0) is 23.7. The number of anilines is 1. The number of allylic oxidation sites excluding steroid dienone is 2. The van der Waals surface area contributed by atoms with Gasteiger partial charge in [-0.3, -0.25) is 4.79 Å². The molecule has 0 saturated carbocycles. The fourth-order valence-corrected chi connectivity index (χ4v) is 5.11. The van der Waals surface area contributed by atoms with E-state index >= 15 is 0 Å². The highest BCUT2D eigenvalue weighted by Crippen LogP contribution is 2.50. The van der Waals surface area contributed by atoms with Crippen molar-refractivity contribution in [3.05, 3.63) is 106 Å². The molecule has 0 radical (unpaired) electrons. The number of amides is 1. The molecule has 172 valence electrons. The topological polar surface area (TPSA) is 62.7 Å². The second-order valence-electron chi connectivity index (χ2n) is 8.67. The number of hydrogen-bond donors (Lipinski definition) is 2. The highest BCUT2D eigenvalue weighted by atomic mass is 35.5. The van der Waals surface area contributed by atoms with Crippen LogP contribution in [-0.4, -0.2) is 18.7 Å². The molecule has 34 heavy (non-hydrogen) atoms. The summed E-state index contributed by atoms with van der Waals surface area (Å²) in [6.45, 7) is 1.90. The molecule has 1 aliphatic heterocycles. The number of hydrogen-bond acceptors (Lipinski definition) is 4. The molecule has 2 N–H and O–H groups in total. The van der Waals surface area contributed by atoms with Crippen LogP contribution in [0.15, 0.2) is 84.0 Å². The van der Waals surface area contributed by atoms with E-state index in [0.717, 1.165) is 34.0 Å².